The number of nitrogens with one attached hydrogen (secondary N) is 1. The lowest BCUT2D eigenvalue weighted by Gasteiger charge is -2.24. The SMILES string of the molecule is CC(NCC1(O)CCOC1)c1cc(O)ccc1O. The lowest BCUT2D eigenvalue weighted by atomic mass is 10.0. The summed E-state index contributed by atoms with van der Waals surface area (Å²) in [6.45, 7) is 3.17. The Labute approximate surface area is 106 Å². The van der Waals surface area contributed by atoms with Gasteiger partial charge in [0.2, 0.25) is 0 Å². The Bertz CT molecular complexity index is 415. The van der Waals surface area contributed by atoms with Crippen molar-refractivity contribution in [3.8, 4) is 11.5 Å². The predicted octanol–water partition coefficient (Wildman–Crippen LogP) is 0.900. The monoisotopic (exact) mass is 253 g/mol. The normalized spacial score (nSPS) is 25.2. The Morgan fingerprint density at radius 3 is 2.89 bits per heavy atom. The van der Waals surface area contributed by atoms with Crippen LogP contribution in [-0.4, -0.2) is 40.7 Å². The summed E-state index contributed by atoms with van der Waals surface area (Å²) in [5, 5.41) is 32.4. The van der Waals surface area contributed by atoms with E-state index in [9.17, 15) is 15.3 Å². The summed E-state index contributed by atoms with van der Waals surface area (Å²) in [4.78, 5) is 0. The molecule has 1 aromatic rings. The quantitative estimate of drug-likeness (QED) is 0.599. The summed E-state index contributed by atoms with van der Waals surface area (Å²) < 4.78 is 5.16. The van der Waals surface area contributed by atoms with E-state index in [4.69, 9.17) is 4.74 Å². The van der Waals surface area contributed by atoms with Crippen molar-refractivity contribution in [1.29, 1.82) is 0 Å². The standard InChI is InChI=1S/C13H19NO4/c1-9(11-6-10(15)2-3-12(11)16)14-7-13(17)4-5-18-8-13/h2-3,6,9,14-17H,4-5,7-8H2,1H3. The van der Waals surface area contributed by atoms with Gasteiger partial charge in [0, 0.05) is 31.2 Å². The van der Waals surface area contributed by atoms with Crippen molar-refractivity contribution in [1.82, 2.24) is 5.32 Å². The van der Waals surface area contributed by atoms with Gasteiger partial charge in [-0.05, 0) is 25.1 Å². The van der Waals surface area contributed by atoms with Crippen LogP contribution in [0.5, 0.6) is 11.5 Å². The van der Waals surface area contributed by atoms with Gasteiger partial charge in [-0.15, -0.1) is 0 Å². The van der Waals surface area contributed by atoms with E-state index in [1.165, 1.54) is 18.2 Å². The van der Waals surface area contributed by atoms with Crippen molar-refractivity contribution in [2.45, 2.75) is 25.0 Å². The van der Waals surface area contributed by atoms with Gasteiger partial charge in [0.1, 0.15) is 17.1 Å². The van der Waals surface area contributed by atoms with Crippen molar-refractivity contribution >= 4 is 0 Å². The van der Waals surface area contributed by atoms with Crippen LogP contribution in [0.3, 0.4) is 0 Å². The number of hydrogen-bond acceptors (Lipinski definition) is 5. The summed E-state index contributed by atoms with van der Waals surface area (Å²) >= 11 is 0. The van der Waals surface area contributed by atoms with Gasteiger partial charge in [-0.3, -0.25) is 0 Å². The van der Waals surface area contributed by atoms with Crippen LogP contribution in [0.2, 0.25) is 0 Å². The molecule has 1 aliphatic heterocycles. The summed E-state index contributed by atoms with van der Waals surface area (Å²) in [5.41, 5.74) is -0.224. The van der Waals surface area contributed by atoms with Gasteiger partial charge < -0.3 is 25.4 Å². The molecule has 0 aromatic heterocycles. The second kappa shape index (κ2) is 5.14. The average Bonchev–Trinajstić information content (AvgIpc) is 2.77. The van der Waals surface area contributed by atoms with E-state index >= 15 is 0 Å². The Morgan fingerprint density at radius 2 is 2.22 bits per heavy atom. The summed E-state index contributed by atoms with van der Waals surface area (Å²) in [6.07, 6.45) is 0.610. The first kappa shape index (κ1) is 13.1. The van der Waals surface area contributed by atoms with E-state index in [1.54, 1.807) is 0 Å². The van der Waals surface area contributed by atoms with Crippen LogP contribution >= 0.6 is 0 Å². The number of phenols is 2. The molecule has 18 heavy (non-hydrogen) atoms. The predicted molar refractivity (Wildman–Crippen MR) is 66.6 cm³/mol. The Kier molecular flexibility index (Phi) is 3.75. The molecule has 1 fully saturated rings. The average molecular weight is 253 g/mol. The minimum atomic E-state index is -0.833. The second-order valence-electron chi connectivity index (χ2n) is 4.87. The third-order valence-corrected chi connectivity index (χ3v) is 3.30. The maximum atomic E-state index is 10.1. The van der Waals surface area contributed by atoms with Gasteiger partial charge in [0.15, 0.2) is 0 Å². The van der Waals surface area contributed by atoms with Crippen molar-refractivity contribution in [3.05, 3.63) is 23.8 Å². The summed E-state index contributed by atoms with van der Waals surface area (Å²) in [7, 11) is 0. The Morgan fingerprint density at radius 1 is 1.44 bits per heavy atom. The smallest absolute Gasteiger partial charge is 0.120 e. The minimum absolute atomic E-state index is 0.111. The number of ether oxygens (including phenoxy) is 1. The molecule has 0 spiro atoms. The van der Waals surface area contributed by atoms with Crippen molar-refractivity contribution in [2.24, 2.45) is 0 Å². The lowest BCUT2D eigenvalue weighted by Crippen LogP contribution is -2.41. The van der Waals surface area contributed by atoms with Crippen molar-refractivity contribution in [3.63, 3.8) is 0 Å². The number of aromatic hydroxyl groups is 2. The molecular formula is C13H19NO4. The van der Waals surface area contributed by atoms with Gasteiger partial charge in [-0.1, -0.05) is 0 Å². The first-order chi connectivity index (χ1) is 8.50. The van der Waals surface area contributed by atoms with Crippen LogP contribution in [0.25, 0.3) is 0 Å². The van der Waals surface area contributed by atoms with Crippen LogP contribution < -0.4 is 5.32 Å². The first-order valence-electron chi connectivity index (χ1n) is 6.06. The fraction of sp³-hybridized carbons (Fsp3) is 0.538. The molecule has 1 aliphatic rings. The molecule has 100 valence electrons. The lowest BCUT2D eigenvalue weighted by molar-refractivity contribution is 0.0251. The highest BCUT2D eigenvalue weighted by Gasteiger charge is 2.32. The van der Waals surface area contributed by atoms with Crippen LogP contribution in [0.1, 0.15) is 24.9 Å². The van der Waals surface area contributed by atoms with Crippen molar-refractivity contribution in [2.75, 3.05) is 19.8 Å². The van der Waals surface area contributed by atoms with Crippen LogP contribution in [-0.2, 0) is 4.74 Å². The molecule has 0 aliphatic carbocycles. The third kappa shape index (κ3) is 2.93. The molecule has 5 nitrogen and oxygen atoms in total. The number of benzene rings is 1. The summed E-state index contributed by atoms with van der Waals surface area (Å²) in [6, 6.07) is 4.24. The molecular weight excluding hydrogens is 234 g/mol. The molecule has 5 heteroatoms. The zero-order valence-electron chi connectivity index (χ0n) is 10.4. The third-order valence-electron chi connectivity index (χ3n) is 3.30. The molecule has 4 N–H and O–H groups in total. The highest BCUT2D eigenvalue weighted by Crippen LogP contribution is 2.28. The molecule has 1 heterocycles. The second-order valence-corrected chi connectivity index (χ2v) is 4.87. The van der Waals surface area contributed by atoms with E-state index in [0.717, 1.165) is 0 Å². The van der Waals surface area contributed by atoms with Crippen LogP contribution in [0.15, 0.2) is 18.2 Å². The van der Waals surface area contributed by atoms with E-state index in [2.05, 4.69) is 5.32 Å². The van der Waals surface area contributed by atoms with E-state index in [1.807, 2.05) is 6.92 Å². The number of aliphatic hydroxyl groups is 1. The molecule has 2 rings (SSSR count). The van der Waals surface area contributed by atoms with E-state index in [-0.39, 0.29) is 17.5 Å². The first-order valence-corrected chi connectivity index (χ1v) is 6.06. The van der Waals surface area contributed by atoms with Crippen LogP contribution in [0.4, 0.5) is 0 Å². The Balaban J connectivity index is 1.99. The molecule has 2 unspecified atom stereocenters. The van der Waals surface area contributed by atoms with Gasteiger partial charge in [-0.25, -0.2) is 0 Å². The molecule has 0 bridgehead atoms. The molecule has 0 radical (unpaired) electrons. The Hall–Kier alpha value is -1.30. The van der Waals surface area contributed by atoms with E-state index < -0.39 is 5.60 Å². The van der Waals surface area contributed by atoms with Gasteiger partial charge in [-0.2, -0.15) is 0 Å². The maximum Gasteiger partial charge on any atom is 0.120 e. The molecule has 0 saturated carbocycles. The highest BCUT2D eigenvalue weighted by atomic mass is 16.5. The molecule has 1 saturated heterocycles. The summed E-state index contributed by atoms with van der Waals surface area (Å²) in [5.74, 6) is 0.238. The zero-order valence-corrected chi connectivity index (χ0v) is 10.4. The fourth-order valence-corrected chi connectivity index (χ4v) is 2.08. The number of rotatable bonds is 4. The topological polar surface area (TPSA) is 82.0 Å². The van der Waals surface area contributed by atoms with Gasteiger partial charge >= 0.3 is 0 Å². The molecule has 1 aromatic carbocycles. The maximum absolute atomic E-state index is 10.1. The van der Waals surface area contributed by atoms with Gasteiger partial charge in [0.25, 0.3) is 0 Å². The molecule has 0 amide bonds. The van der Waals surface area contributed by atoms with E-state index in [0.29, 0.717) is 31.7 Å². The number of phenolic OH excluding ortho intramolecular Hbond substituents is 2. The van der Waals surface area contributed by atoms with Crippen LogP contribution in [0, 0.1) is 0 Å². The molecule has 2 atom stereocenters. The largest absolute Gasteiger partial charge is 0.508 e. The zero-order chi connectivity index (χ0) is 13.2. The minimum Gasteiger partial charge on any atom is -0.508 e. The van der Waals surface area contributed by atoms with Gasteiger partial charge in [0.05, 0.1) is 6.61 Å². The number of hydrogen-bond donors (Lipinski definition) is 4. The van der Waals surface area contributed by atoms with Crippen molar-refractivity contribution < 1.29 is 20.1 Å². The highest BCUT2D eigenvalue weighted by molar-refractivity contribution is 5.40. The fourth-order valence-electron chi connectivity index (χ4n) is 2.08.